The van der Waals surface area contributed by atoms with Crippen molar-refractivity contribution in [3.8, 4) is 0 Å². The third-order valence-corrected chi connectivity index (χ3v) is 5.37. The molecule has 146 valence electrons. The molecule has 0 aromatic heterocycles. The van der Waals surface area contributed by atoms with Crippen molar-refractivity contribution in [3.63, 3.8) is 0 Å². The van der Waals surface area contributed by atoms with Gasteiger partial charge >= 0.3 is 0 Å². The molecule has 1 aliphatic rings. The van der Waals surface area contributed by atoms with Crippen LogP contribution in [-0.2, 0) is 14.8 Å². The number of sulfonamides is 1. The number of halogens is 2. The third kappa shape index (κ3) is 6.20. The summed E-state index contributed by atoms with van der Waals surface area (Å²) in [4.78, 5) is 12.0. The second kappa shape index (κ2) is 9.16. The van der Waals surface area contributed by atoms with Gasteiger partial charge in [-0.2, -0.15) is 0 Å². The molecular weight excluding hydrogens is 393 g/mol. The number of hydrogen-bond acceptors (Lipinski definition) is 4. The molecular formula is C18H21ClFN3O3S. The van der Waals surface area contributed by atoms with E-state index in [0.29, 0.717) is 11.6 Å². The van der Waals surface area contributed by atoms with Gasteiger partial charge in [-0.1, -0.05) is 12.1 Å². The Labute approximate surface area is 164 Å². The molecule has 1 saturated carbocycles. The Bertz CT molecular complexity index is 887. The normalized spacial score (nSPS) is 13.5. The zero-order valence-electron chi connectivity index (χ0n) is 14.4. The van der Waals surface area contributed by atoms with Crippen LogP contribution in [0.25, 0.3) is 0 Å². The van der Waals surface area contributed by atoms with Crippen molar-refractivity contribution >= 4 is 39.7 Å². The van der Waals surface area contributed by atoms with Crippen LogP contribution in [0.15, 0.2) is 53.4 Å². The monoisotopic (exact) mass is 413 g/mol. The van der Waals surface area contributed by atoms with E-state index in [1.165, 1.54) is 25.0 Å². The lowest BCUT2D eigenvalue weighted by Crippen LogP contribution is -2.29. The number of para-hydroxylation sites is 2. The molecule has 0 bridgehead atoms. The summed E-state index contributed by atoms with van der Waals surface area (Å²) in [5.74, 6) is -0.105. The SMILES string of the molecule is Cl.O=C(CNCC1CC1)Nc1ccccc1NS(=O)(=O)c1ccc(F)cc1. The van der Waals surface area contributed by atoms with Crippen LogP contribution in [0.5, 0.6) is 0 Å². The molecule has 0 spiro atoms. The molecule has 6 nitrogen and oxygen atoms in total. The van der Waals surface area contributed by atoms with Gasteiger partial charge in [0.15, 0.2) is 0 Å². The Morgan fingerprint density at radius 1 is 1.04 bits per heavy atom. The highest BCUT2D eigenvalue weighted by Crippen LogP contribution is 2.27. The summed E-state index contributed by atoms with van der Waals surface area (Å²) in [5, 5.41) is 5.78. The number of carbonyl (C=O) groups is 1. The number of anilines is 2. The van der Waals surface area contributed by atoms with Crippen LogP contribution in [0.3, 0.4) is 0 Å². The van der Waals surface area contributed by atoms with Crippen molar-refractivity contribution in [1.29, 1.82) is 0 Å². The van der Waals surface area contributed by atoms with Crippen molar-refractivity contribution in [2.45, 2.75) is 17.7 Å². The van der Waals surface area contributed by atoms with Crippen LogP contribution in [0.4, 0.5) is 15.8 Å². The number of nitrogens with one attached hydrogen (secondary N) is 3. The maximum Gasteiger partial charge on any atom is 0.261 e. The van der Waals surface area contributed by atoms with Gasteiger partial charge in [-0.3, -0.25) is 9.52 Å². The number of rotatable bonds is 8. The molecule has 0 heterocycles. The Kier molecular flexibility index (Phi) is 7.18. The maximum atomic E-state index is 13.0. The second-order valence-corrected chi connectivity index (χ2v) is 7.91. The molecule has 1 aliphatic carbocycles. The van der Waals surface area contributed by atoms with Crippen LogP contribution in [0.2, 0.25) is 0 Å². The van der Waals surface area contributed by atoms with E-state index < -0.39 is 15.8 Å². The van der Waals surface area contributed by atoms with E-state index in [-0.39, 0.29) is 35.4 Å². The summed E-state index contributed by atoms with van der Waals surface area (Å²) >= 11 is 0. The predicted octanol–water partition coefficient (Wildman–Crippen LogP) is 2.99. The fourth-order valence-corrected chi connectivity index (χ4v) is 3.48. The average Bonchev–Trinajstić information content (AvgIpc) is 3.41. The molecule has 2 aromatic carbocycles. The summed E-state index contributed by atoms with van der Waals surface area (Å²) in [6, 6.07) is 11.0. The van der Waals surface area contributed by atoms with E-state index in [0.717, 1.165) is 18.7 Å². The third-order valence-electron chi connectivity index (χ3n) is 3.98. The molecule has 0 aliphatic heterocycles. The highest BCUT2D eigenvalue weighted by atomic mass is 35.5. The fraction of sp³-hybridized carbons (Fsp3) is 0.278. The Morgan fingerprint density at radius 2 is 1.67 bits per heavy atom. The quantitative estimate of drug-likeness (QED) is 0.620. The molecule has 0 radical (unpaired) electrons. The summed E-state index contributed by atoms with van der Waals surface area (Å²) in [6.45, 7) is 0.974. The first-order valence-corrected chi connectivity index (χ1v) is 9.80. The molecule has 9 heteroatoms. The summed E-state index contributed by atoms with van der Waals surface area (Å²) in [6.07, 6.45) is 2.39. The first kappa shape index (κ1) is 21.1. The molecule has 0 unspecified atom stereocenters. The first-order chi connectivity index (χ1) is 12.4. The summed E-state index contributed by atoms with van der Waals surface area (Å²) in [7, 11) is -3.89. The van der Waals surface area contributed by atoms with Crippen LogP contribution < -0.4 is 15.4 Å². The Morgan fingerprint density at radius 3 is 2.30 bits per heavy atom. The Balaban J connectivity index is 0.00000261. The largest absolute Gasteiger partial charge is 0.323 e. The molecule has 0 atom stereocenters. The zero-order chi connectivity index (χ0) is 18.6. The minimum atomic E-state index is -3.89. The standard InChI is InChI=1S/C18H20FN3O3S.ClH/c19-14-7-9-15(10-8-14)26(24,25)22-17-4-2-1-3-16(17)21-18(23)12-20-11-13-5-6-13;/h1-4,7-10,13,20,22H,5-6,11-12H2,(H,21,23);1H. The lowest BCUT2D eigenvalue weighted by atomic mass is 10.2. The van der Waals surface area contributed by atoms with Gasteiger partial charge in [-0.25, -0.2) is 12.8 Å². The van der Waals surface area contributed by atoms with Gasteiger partial charge in [0.25, 0.3) is 10.0 Å². The molecule has 2 aromatic rings. The van der Waals surface area contributed by atoms with Crippen molar-refractivity contribution in [1.82, 2.24) is 5.32 Å². The predicted molar refractivity (Wildman–Crippen MR) is 105 cm³/mol. The number of benzene rings is 2. The summed E-state index contributed by atoms with van der Waals surface area (Å²) in [5.41, 5.74) is 0.601. The fourth-order valence-electron chi connectivity index (χ4n) is 2.40. The van der Waals surface area contributed by atoms with E-state index in [2.05, 4.69) is 15.4 Å². The van der Waals surface area contributed by atoms with Crippen molar-refractivity contribution in [3.05, 3.63) is 54.3 Å². The lowest BCUT2D eigenvalue weighted by Gasteiger charge is -2.14. The zero-order valence-corrected chi connectivity index (χ0v) is 16.1. The summed E-state index contributed by atoms with van der Waals surface area (Å²) < 4.78 is 40.3. The first-order valence-electron chi connectivity index (χ1n) is 8.32. The average molecular weight is 414 g/mol. The van der Waals surface area contributed by atoms with Gasteiger partial charge in [-0.05, 0) is 61.7 Å². The minimum absolute atomic E-state index is 0. The van der Waals surface area contributed by atoms with E-state index >= 15 is 0 Å². The maximum absolute atomic E-state index is 13.0. The molecule has 3 rings (SSSR count). The van der Waals surface area contributed by atoms with Crippen LogP contribution >= 0.6 is 12.4 Å². The van der Waals surface area contributed by atoms with Gasteiger partial charge in [0.1, 0.15) is 5.82 Å². The highest BCUT2D eigenvalue weighted by Gasteiger charge is 2.21. The highest BCUT2D eigenvalue weighted by molar-refractivity contribution is 7.92. The minimum Gasteiger partial charge on any atom is -0.323 e. The van der Waals surface area contributed by atoms with Crippen molar-refractivity contribution < 1.29 is 17.6 Å². The van der Waals surface area contributed by atoms with Gasteiger partial charge in [0.05, 0.1) is 22.8 Å². The molecule has 27 heavy (non-hydrogen) atoms. The van der Waals surface area contributed by atoms with Crippen LogP contribution in [-0.4, -0.2) is 27.4 Å². The lowest BCUT2D eigenvalue weighted by molar-refractivity contribution is -0.115. The number of amides is 1. The topological polar surface area (TPSA) is 87.3 Å². The van der Waals surface area contributed by atoms with Crippen LogP contribution in [0.1, 0.15) is 12.8 Å². The molecule has 0 saturated heterocycles. The van der Waals surface area contributed by atoms with Gasteiger partial charge < -0.3 is 10.6 Å². The number of carbonyl (C=O) groups excluding carboxylic acids is 1. The molecule has 3 N–H and O–H groups in total. The van der Waals surface area contributed by atoms with E-state index in [9.17, 15) is 17.6 Å². The number of hydrogen-bond donors (Lipinski definition) is 3. The Hall–Kier alpha value is -2.16. The van der Waals surface area contributed by atoms with Gasteiger partial charge in [0.2, 0.25) is 5.91 Å². The van der Waals surface area contributed by atoms with Crippen molar-refractivity contribution in [2.75, 3.05) is 23.1 Å². The van der Waals surface area contributed by atoms with E-state index in [1.54, 1.807) is 24.3 Å². The van der Waals surface area contributed by atoms with Crippen LogP contribution in [0, 0.1) is 11.7 Å². The van der Waals surface area contributed by atoms with E-state index in [4.69, 9.17) is 0 Å². The smallest absolute Gasteiger partial charge is 0.261 e. The van der Waals surface area contributed by atoms with Gasteiger partial charge in [0, 0.05) is 0 Å². The van der Waals surface area contributed by atoms with E-state index in [1.807, 2.05) is 0 Å². The van der Waals surface area contributed by atoms with Crippen molar-refractivity contribution in [2.24, 2.45) is 5.92 Å². The second-order valence-electron chi connectivity index (χ2n) is 6.23. The molecule has 1 amide bonds. The van der Waals surface area contributed by atoms with Gasteiger partial charge in [-0.15, -0.1) is 12.4 Å². The molecule has 1 fully saturated rings.